The minimum Gasteiger partial charge on any atom is -0.497 e. The number of methoxy groups -OCH3 is 1. The molecule has 0 aliphatic carbocycles. The summed E-state index contributed by atoms with van der Waals surface area (Å²) >= 11 is 12.6. The van der Waals surface area contributed by atoms with Gasteiger partial charge in [-0.2, -0.15) is 0 Å². The first-order valence-electron chi connectivity index (χ1n) is 10.3. The van der Waals surface area contributed by atoms with Gasteiger partial charge in [-0.05, 0) is 24.5 Å². The molecule has 1 saturated heterocycles. The number of nitrogens with two attached hydrogens (primary N) is 2. The first kappa shape index (κ1) is 24.0. The summed E-state index contributed by atoms with van der Waals surface area (Å²) in [4.78, 5) is 34.4. The largest absolute Gasteiger partial charge is 0.497 e. The Bertz CT molecular complexity index is 1280. The van der Waals surface area contributed by atoms with Crippen molar-refractivity contribution in [2.45, 2.75) is 18.4 Å². The number of hydrogen-bond acceptors (Lipinski definition) is 8. The van der Waals surface area contributed by atoms with E-state index in [0.29, 0.717) is 30.2 Å². The number of aromatic nitrogens is 3. The number of nitrogen functional groups attached to an aromatic ring is 1. The van der Waals surface area contributed by atoms with Gasteiger partial charge < -0.3 is 26.3 Å². The second-order valence-corrected chi connectivity index (χ2v) is 8.66. The molecule has 1 aliphatic rings. The number of ether oxygens (including phenoxy) is 2. The number of nitrogens with zero attached hydrogens (tertiary/aromatic N) is 3. The molecule has 0 saturated carbocycles. The first-order chi connectivity index (χ1) is 16.2. The number of carbonyl (C=O) groups is 1. The number of anilines is 2. The Morgan fingerprint density at radius 1 is 1.26 bits per heavy atom. The lowest BCUT2D eigenvalue weighted by Crippen LogP contribution is -2.44. The van der Waals surface area contributed by atoms with Crippen LogP contribution in [-0.2, 0) is 10.3 Å². The maximum absolute atomic E-state index is 13.2. The second kappa shape index (κ2) is 9.59. The Morgan fingerprint density at radius 2 is 2.00 bits per heavy atom. The van der Waals surface area contributed by atoms with Crippen molar-refractivity contribution in [3.63, 3.8) is 0 Å². The number of halogens is 2. The molecule has 12 heteroatoms. The zero-order chi connectivity index (χ0) is 24.5. The van der Waals surface area contributed by atoms with Gasteiger partial charge in [0.1, 0.15) is 23.5 Å². The number of nitrogens with one attached hydrogen (secondary N) is 1. The lowest BCUT2D eigenvalue weighted by atomic mass is 9.87. The van der Waals surface area contributed by atoms with E-state index in [1.807, 2.05) is 0 Å². The molecule has 5 N–H and O–H groups in total. The van der Waals surface area contributed by atoms with Gasteiger partial charge in [0.25, 0.3) is 11.5 Å². The van der Waals surface area contributed by atoms with Gasteiger partial charge in [0.05, 0.1) is 46.9 Å². The molecule has 3 heterocycles. The molecule has 0 bridgehead atoms. The molecule has 0 radical (unpaired) electrons. The van der Waals surface area contributed by atoms with Crippen LogP contribution in [0.1, 0.15) is 28.8 Å². The molecule has 1 aliphatic heterocycles. The normalized spacial score (nSPS) is 17.9. The van der Waals surface area contributed by atoms with Crippen molar-refractivity contribution in [2.24, 2.45) is 5.73 Å². The molecule has 178 valence electrons. The number of benzene rings is 1. The van der Waals surface area contributed by atoms with Crippen molar-refractivity contribution in [3.8, 4) is 11.4 Å². The summed E-state index contributed by atoms with van der Waals surface area (Å²) in [5.74, 6) is -0.615. The van der Waals surface area contributed by atoms with E-state index in [-0.39, 0.29) is 27.1 Å². The fourth-order valence-electron chi connectivity index (χ4n) is 3.75. The van der Waals surface area contributed by atoms with Crippen LogP contribution in [-0.4, -0.2) is 40.8 Å². The molecule has 34 heavy (non-hydrogen) atoms. The fourth-order valence-corrected chi connectivity index (χ4v) is 4.40. The maximum Gasteiger partial charge on any atom is 0.273 e. The van der Waals surface area contributed by atoms with E-state index in [0.717, 1.165) is 23.7 Å². The third kappa shape index (κ3) is 4.58. The van der Waals surface area contributed by atoms with Crippen LogP contribution in [0.4, 0.5) is 11.5 Å². The Balaban J connectivity index is 1.68. The van der Waals surface area contributed by atoms with Crippen molar-refractivity contribution in [2.75, 3.05) is 31.4 Å². The average molecular weight is 505 g/mol. The summed E-state index contributed by atoms with van der Waals surface area (Å²) in [6.45, 7) is 0.993. The summed E-state index contributed by atoms with van der Waals surface area (Å²) < 4.78 is 11.7. The first-order valence-corrected chi connectivity index (χ1v) is 11.0. The lowest BCUT2D eigenvalue weighted by Gasteiger charge is -2.33. The quantitative estimate of drug-likeness (QED) is 0.480. The summed E-state index contributed by atoms with van der Waals surface area (Å²) in [6.07, 6.45) is 5.75. The highest BCUT2D eigenvalue weighted by Crippen LogP contribution is 2.33. The second-order valence-electron chi connectivity index (χ2n) is 7.85. The van der Waals surface area contributed by atoms with Gasteiger partial charge in [-0.25, -0.2) is 4.98 Å². The maximum atomic E-state index is 13.2. The number of rotatable bonds is 5. The van der Waals surface area contributed by atoms with Crippen LogP contribution in [0.15, 0.2) is 41.7 Å². The molecular formula is C22H22Cl2N6O4. The van der Waals surface area contributed by atoms with Gasteiger partial charge in [-0.3, -0.25) is 19.1 Å². The fraction of sp³-hybridized carbons (Fsp3) is 0.273. The third-order valence-electron chi connectivity index (χ3n) is 5.54. The molecule has 1 atom stereocenters. The highest BCUT2D eigenvalue weighted by atomic mass is 35.5. The van der Waals surface area contributed by atoms with Crippen molar-refractivity contribution in [1.29, 1.82) is 0 Å². The van der Waals surface area contributed by atoms with Crippen LogP contribution < -0.4 is 27.1 Å². The zero-order valence-corrected chi connectivity index (χ0v) is 19.7. The van der Waals surface area contributed by atoms with Gasteiger partial charge >= 0.3 is 0 Å². The Morgan fingerprint density at radius 3 is 2.65 bits per heavy atom. The van der Waals surface area contributed by atoms with E-state index in [1.165, 1.54) is 25.4 Å². The van der Waals surface area contributed by atoms with Crippen LogP contribution in [0.5, 0.6) is 5.75 Å². The molecule has 0 unspecified atom stereocenters. The summed E-state index contributed by atoms with van der Waals surface area (Å²) in [6, 6.07) is 4.67. The molecule has 10 nitrogen and oxygen atoms in total. The van der Waals surface area contributed by atoms with E-state index in [4.69, 9.17) is 44.1 Å². The van der Waals surface area contributed by atoms with Crippen molar-refractivity contribution >= 4 is 40.6 Å². The van der Waals surface area contributed by atoms with Crippen LogP contribution in [0.25, 0.3) is 5.69 Å². The predicted molar refractivity (Wildman–Crippen MR) is 129 cm³/mol. The molecule has 4 rings (SSSR count). The van der Waals surface area contributed by atoms with E-state index >= 15 is 0 Å². The minimum atomic E-state index is -0.768. The van der Waals surface area contributed by atoms with Gasteiger partial charge in [-0.1, -0.05) is 23.2 Å². The van der Waals surface area contributed by atoms with Crippen LogP contribution in [0.2, 0.25) is 10.0 Å². The number of amides is 1. The Labute approximate surface area is 204 Å². The molecular weight excluding hydrogens is 483 g/mol. The topological polar surface area (TPSA) is 147 Å². The lowest BCUT2D eigenvalue weighted by molar-refractivity contribution is 0.0366. The smallest absolute Gasteiger partial charge is 0.273 e. The van der Waals surface area contributed by atoms with E-state index in [1.54, 1.807) is 12.3 Å². The van der Waals surface area contributed by atoms with Gasteiger partial charge in [0.15, 0.2) is 0 Å². The summed E-state index contributed by atoms with van der Waals surface area (Å²) in [5.41, 5.74) is 11.7. The van der Waals surface area contributed by atoms with Gasteiger partial charge in [0, 0.05) is 24.9 Å². The third-order valence-corrected chi connectivity index (χ3v) is 6.11. The molecule has 0 spiro atoms. The molecule has 1 aromatic carbocycles. The van der Waals surface area contributed by atoms with Gasteiger partial charge in [-0.15, -0.1) is 0 Å². The van der Waals surface area contributed by atoms with E-state index < -0.39 is 17.0 Å². The number of hydrogen-bond donors (Lipinski definition) is 3. The van der Waals surface area contributed by atoms with E-state index in [2.05, 4.69) is 15.3 Å². The Kier molecular flexibility index (Phi) is 6.76. The van der Waals surface area contributed by atoms with E-state index in [9.17, 15) is 9.59 Å². The highest BCUT2D eigenvalue weighted by molar-refractivity contribution is 6.38. The monoisotopic (exact) mass is 504 g/mol. The van der Waals surface area contributed by atoms with Crippen molar-refractivity contribution < 1.29 is 14.3 Å². The molecule has 1 amide bonds. The molecule has 3 aromatic rings. The number of carbonyl (C=O) groups excluding carboxylic acids is 1. The summed E-state index contributed by atoms with van der Waals surface area (Å²) in [5, 5.41) is 2.90. The SMILES string of the molecule is COc1cc(Cl)c(-n2cnc(N)c(C(=O)Nc3cncc([C@]4(N)CCCOC4)c3)c2=O)c(Cl)c1. The zero-order valence-electron chi connectivity index (χ0n) is 18.2. The number of pyridine rings is 1. The van der Waals surface area contributed by atoms with Crippen LogP contribution in [0.3, 0.4) is 0 Å². The predicted octanol–water partition coefficient (Wildman–Crippen LogP) is 2.74. The average Bonchev–Trinajstić information content (AvgIpc) is 2.80. The standard InChI is InChI=1S/C22H22Cl2N6O4/c1-33-14-6-15(23)18(16(24)7-14)30-11-28-19(25)17(21(30)32)20(31)29-13-5-12(8-27-9-13)22(26)3-2-4-34-10-22/h5-9,11H,2-4,10,25-26H2,1H3,(H,29,31)/t22-/m0/s1. The molecule has 2 aromatic heterocycles. The van der Waals surface area contributed by atoms with Crippen LogP contribution in [0, 0.1) is 0 Å². The van der Waals surface area contributed by atoms with Gasteiger partial charge in [0.2, 0.25) is 0 Å². The highest BCUT2D eigenvalue weighted by Gasteiger charge is 2.31. The minimum absolute atomic E-state index is 0.129. The van der Waals surface area contributed by atoms with Crippen molar-refractivity contribution in [1.82, 2.24) is 14.5 Å². The van der Waals surface area contributed by atoms with Crippen LogP contribution >= 0.6 is 23.2 Å². The summed E-state index contributed by atoms with van der Waals surface area (Å²) in [7, 11) is 1.46. The Hall–Kier alpha value is -3.18. The van der Waals surface area contributed by atoms with Crippen molar-refractivity contribution in [3.05, 3.63) is 68.4 Å². The molecule has 1 fully saturated rings.